The van der Waals surface area contributed by atoms with Gasteiger partial charge in [0.15, 0.2) is 5.82 Å². The number of morpholine rings is 1. The molecule has 6 rings (SSSR count). The lowest BCUT2D eigenvalue weighted by Gasteiger charge is -2.29. The van der Waals surface area contributed by atoms with Crippen LogP contribution in [-0.4, -0.2) is 97.0 Å². The predicted molar refractivity (Wildman–Crippen MR) is 167 cm³/mol. The Labute approximate surface area is 253 Å². The van der Waals surface area contributed by atoms with Crippen LogP contribution in [0.3, 0.4) is 0 Å². The van der Waals surface area contributed by atoms with Crippen LogP contribution < -0.4 is 15.5 Å². The van der Waals surface area contributed by atoms with Gasteiger partial charge in [0.05, 0.1) is 24.4 Å². The Balaban J connectivity index is 1.22. The van der Waals surface area contributed by atoms with E-state index >= 15 is 0 Å². The summed E-state index contributed by atoms with van der Waals surface area (Å²) < 4.78 is 20.1. The van der Waals surface area contributed by atoms with Gasteiger partial charge in [0.1, 0.15) is 17.5 Å². The number of anilines is 3. The van der Waals surface area contributed by atoms with Crippen molar-refractivity contribution >= 4 is 46.4 Å². The molecule has 4 heterocycles. The van der Waals surface area contributed by atoms with Crippen molar-refractivity contribution in [2.45, 2.75) is 5.92 Å². The number of carbonyl (C=O) groups is 2. The second-order valence-corrected chi connectivity index (χ2v) is 10.9. The molecule has 1 unspecified atom stereocenters. The highest BCUT2D eigenvalue weighted by atomic mass is 19.1. The Hall–Kier alpha value is -5.17. The fourth-order valence-corrected chi connectivity index (χ4v) is 5.15. The molecule has 13 heteroatoms. The summed E-state index contributed by atoms with van der Waals surface area (Å²) in [7, 11) is 5.11. The number of hydrazone groups is 1. The number of hydrogen-bond donors (Lipinski definition) is 2. The van der Waals surface area contributed by atoms with E-state index in [1.54, 1.807) is 32.4 Å². The second-order valence-electron chi connectivity index (χ2n) is 10.9. The van der Waals surface area contributed by atoms with Gasteiger partial charge in [0.25, 0.3) is 5.91 Å². The zero-order valence-electron chi connectivity index (χ0n) is 24.6. The minimum Gasteiger partial charge on any atom is -0.378 e. The Morgan fingerprint density at radius 1 is 1.02 bits per heavy atom. The molecule has 0 bridgehead atoms. The molecule has 226 valence electrons. The molecular weight excluding hydrogens is 565 g/mol. The summed E-state index contributed by atoms with van der Waals surface area (Å²) in [5.74, 6) is 0.710. The van der Waals surface area contributed by atoms with Crippen LogP contribution in [0.15, 0.2) is 59.8 Å². The zero-order chi connectivity index (χ0) is 30.8. The number of halogens is 1. The Kier molecular flexibility index (Phi) is 8.03. The van der Waals surface area contributed by atoms with E-state index in [4.69, 9.17) is 14.7 Å². The smallest absolute Gasteiger partial charge is 0.324 e. The summed E-state index contributed by atoms with van der Waals surface area (Å²) in [6.45, 7) is 3.49. The summed E-state index contributed by atoms with van der Waals surface area (Å²) in [4.78, 5) is 42.4. The standard InChI is InChI=1S/C31H32FN9O3/c1-39(2)30(42)20-5-8-25(24(32)14-20)36-31(43)37-27-9-6-21(16-33-27)28-35-26-15-19(22-17-34-40(3)18-22)4-7-23(26)29(38-28)41-10-12-44-13-11-41/h4-9,14-17,22H,10-13,18H2,1-3H3,(H2,33,36,37,43). The van der Waals surface area contributed by atoms with E-state index in [-0.39, 0.29) is 28.9 Å². The molecule has 0 saturated carbocycles. The van der Waals surface area contributed by atoms with E-state index in [0.717, 1.165) is 48.0 Å². The van der Waals surface area contributed by atoms with Crippen molar-refractivity contribution in [1.29, 1.82) is 0 Å². The SMILES string of the molecule is CN1CC(c2ccc3c(N4CCOCC4)nc(-c4ccc(NC(=O)Nc5ccc(C(=O)N(C)C)cc5F)nc4)nc3c2)C=N1. The van der Waals surface area contributed by atoms with E-state index in [2.05, 4.69) is 43.8 Å². The summed E-state index contributed by atoms with van der Waals surface area (Å²) in [6.07, 6.45) is 3.54. The number of nitrogens with one attached hydrogen (secondary N) is 2. The molecule has 0 spiro atoms. The number of aromatic nitrogens is 3. The number of benzene rings is 2. The number of amides is 3. The largest absolute Gasteiger partial charge is 0.378 e. The average molecular weight is 598 g/mol. The normalized spacial score (nSPS) is 16.3. The first-order valence-electron chi connectivity index (χ1n) is 14.2. The lowest BCUT2D eigenvalue weighted by Crippen LogP contribution is -2.37. The number of pyridine rings is 1. The maximum absolute atomic E-state index is 14.6. The average Bonchev–Trinajstić information content (AvgIpc) is 3.47. The first kappa shape index (κ1) is 28.9. The number of hydrogen-bond acceptors (Lipinski definition) is 9. The summed E-state index contributed by atoms with van der Waals surface area (Å²) in [5.41, 5.74) is 2.73. The molecule has 4 aromatic rings. The van der Waals surface area contributed by atoms with Gasteiger partial charge in [-0.3, -0.25) is 15.1 Å². The number of nitrogens with zero attached hydrogens (tertiary/aromatic N) is 7. The number of ether oxygens (including phenoxy) is 1. The van der Waals surface area contributed by atoms with Crippen molar-refractivity contribution in [3.63, 3.8) is 0 Å². The Bertz CT molecular complexity index is 1740. The van der Waals surface area contributed by atoms with Gasteiger partial charge in [0, 0.05) is 75.6 Å². The fourth-order valence-electron chi connectivity index (χ4n) is 5.15. The van der Waals surface area contributed by atoms with E-state index < -0.39 is 11.8 Å². The van der Waals surface area contributed by atoms with Gasteiger partial charge in [-0.1, -0.05) is 6.07 Å². The Morgan fingerprint density at radius 2 is 1.84 bits per heavy atom. The minimum atomic E-state index is -0.726. The first-order chi connectivity index (χ1) is 21.2. The summed E-state index contributed by atoms with van der Waals surface area (Å²) in [5, 5.41) is 12.3. The molecule has 1 fully saturated rings. The molecule has 2 aliphatic rings. The lowest BCUT2D eigenvalue weighted by atomic mass is 9.99. The van der Waals surface area contributed by atoms with Gasteiger partial charge >= 0.3 is 6.03 Å². The maximum Gasteiger partial charge on any atom is 0.324 e. The van der Waals surface area contributed by atoms with Gasteiger partial charge in [0.2, 0.25) is 0 Å². The van der Waals surface area contributed by atoms with Crippen molar-refractivity contribution in [3.05, 3.63) is 71.7 Å². The van der Waals surface area contributed by atoms with Crippen LogP contribution in [0, 0.1) is 5.82 Å². The van der Waals surface area contributed by atoms with Crippen LogP contribution in [0.2, 0.25) is 0 Å². The van der Waals surface area contributed by atoms with Gasteiger partial charge in [-0.25, -0.2) is 24.1 Å². The number of carbonyl (C=O) groups excluding carboxylic acids is 2. The summed E-state index contributed by atoms with van der Waals surface area (Å²) in [6, 6.07) is 12.9. The van der Waals surface area contributed by atoms with Crippen LogP contribution in [0.1, 0.15) is 21.8 Å². The maximum atomic E-state index is 14.6. The first-order valence-corrected chi connectivity index (χ1v) is 14.2. The highest BCUT2D eigenvalue weighted by Gasteiger charge is 2.22. The molecular formula is C31H32FN9O3. The third kappa shape index (κ3) is 6.13. The third-order valence-corrected chi connectivity index (χ3v) is 7.48. The molecule has 1 saturated heterocycles. The predicted octanol–water partition coefficient (Wildman–Crippen LogP) is 4.03. The Morgan fingerprint density at radius 3 is 2.52 bits per heavy atom. The van der Waals surface area contributed by atoms with Crippen molar-refractivity contribution < 1.29 is 18.7 Å². The molecule has 2 N–H and O–H groups in total. The molecule has 0 radical (unpaired) electrons. The van der Waals surface area contributed by atoms with E-state index in [1.807, 2.05) is 18.3 Å². The molecule has 2 aromatic carbocycles. The second kappa shape index (κ2) is 12.2. The van der Waals surface area contributed by atoms with E-state index in [1.165, 1.54) is 17.0 Å². The monoisotopic (exact) mass is 597 g/mol. The highest BCUT2D eigenvalue weighted by molar-refractivity contribution is 6.00. The van der Waals surface area contributed by atoms with Gasteiger partial charge in [-0.2, -0.15) is 5.10 Å². The highest BCUT2D eigenvalue weighted by Crippen LogP contribution is 2.31. The number of likely N-dealkylation sites (N-methyl/N-ethyl adjacent to an activating group) is 1. The van der Waals surface area contributed by atoms with Crippen molar-refractivity contribution in [2.75, 3.05) is 69.5 Å². The third-order valence-electron chi connectivity index (χ3n) is 7.48. The van der Waals surface area contributed by atoms with Crippen LogP contribution in [0.4, 0.5) is 26.5 Å². The molecule has 1 atom stereocenters. The van der Waals surface area contributed by atoms with Gasteiger partial charge < -0.3 is 19.9 Å². The molecule has 3 amide bonds. The van der Waals surface area contributed by atoms with Crippen molar-refractivity contribution in [3.8, 4) is 11.4 Å². The summed E-state index contributed by atoms with van der Waals surface area (Å²) >= 11 is 0. The van der Waals surface area contributed by atoms with Crippen molar-refractivity contribution in [2.24, 2.45) is 5.10 Å². The number of urea groups is 1. The fraction of sp³-hybridized carbons (Fsp3) is 0.290. The molecule has 2 aliphatic heterocycles. The van der Waals surface area contributed by atoms with Gasteiger partial charge in [-0.05, 0) is 48.0 Å². The lowest BCUT2D eigenvalue weighted by molar-refractivity contribution is 0.0827. The topological polar surface area (TPSA) is 128 Å². The van der Waals surface area contributed by atoms with Crippen LogP contribution >= 0.6 is 0 Å². The molecule has 0 aliphatic carbocycles. The number of rotatable bonds is 6. The van der Waals surface area contributed by atoms with E-state index in [0.29, 0.717) is 24.6 Å². The van der Waals surface area contributed by atoms with Crippen LogP contribution in [0.25, 0.3) is 22.3 Å². The minimum absolute atomic E-state index is 0.0653. The van der Waals surface area contributed by atoms with Crippen LogP contribution in [-0.2, 0) is 4.74 Å². The van der Waals surface area contributed by atoms with Crippen LogP contribution in [0.5, 0.6) is 0 Å². The molecule has 44 heavy (non-hydrogen) atoms. The molecule has 2 aromatic heterocycles. The quantitative estimate of drug-likeness (QED) is 0.341. The van der Waals surface area contributed by atoms with Crippen molar-refractivity contribution in [1.82, 2.24) is 24.9 Å². The molecule has 12 nitrogen and oxygen atoms in total. The van der Waals surface area contributed by atoms with E-state index in [9.17, 15) is 14.0 Å². The van der Waals surface area contributed by atoms with Gasteiger partial charge in [-0.15, -0.1) is 0 Å². The zero-order valence-corrected chi connectivity index (χ0v) is 24.6. The number of fused-ring (bicyclic) bond motifs is 1.